The average Bonchev–Trinajstić information content (AvgIpc) is 2.33. The van der Waals surface area contributed by atoms with Crippen LogP contribution in [0.1, 0.15) is 27.9 Å². The van der Waals surface area contributed by atoms with Crippen molar-refractivity contribution in [3.63, 3.8) is 0 Å². The van der Waals surface area contributed by atoms with E-state index < -0.39 is 11.7 Å². The molecule has 0 fully saturated rings. The fraction of sp³-hybridized carbons (Fsp3) is 0.467. The minimum atomic E-state index is -0.522. The molecule has 0 spiro atoms. The van der Waals surface area contributed by atoms with E-state index in [1.807, 2.05) is 45.0 Å². The van der Waals surface area contributed by atoms with Crippen molar-refractivity contribution in [3.05, 3.63) is 34.9 Å². The summed E-state index contributed by atoms with van der Waals surface area (Å²) < 4.78 is 0. The first-order valence-corrected chi connectivity index (χ1v) is 6.46. The summed E-state index contributed by atoms with van der Waals surface area (Å²) in [4.78, 5) is 25.8. The van der Waals surface area contributed by atoms with E-state index in [1.165, 1.54) is 0 Å². The first kappa shape index (κ1) is 15.4. The van der Waals surface area contributed by atoms with Crippen molar-refractivity contribution in [3.8, 4) is 0 Å². The van der Waals surface area contributed by atoms with Crippen molar-refractivity contribution in [1.82, 2.24) is 10.2 Å². The van der Waals surface area contributed by atoms with Gasteiger partial charge in [0.05, 0.1) is 0 Å². The number of Topliss-reactive ketones (excluding diaryl/α,β-unsaturated/α-hetero) is 1. The van der Waals surface area contributed by atoms with Crippen molar-refractivity contribution in [2.45, 2.75) is 20.3 Å². The summed E-state index contributed by atoms with van der Waals surface area (Å²) >= 11 is 0. The van der Waals surface area contributed by atoms with Crippen molar-refractivity contribution in [1.29, 1.82) is 0 Å². The number of aryl methyl sites for hydroxylation is 2. The van der Waals surface area contributed by atoms with Gasteiger partial charge in [-0.2, -0.15) is 0 Å². The Morgan fingerprint density at radius 1 is 1.21 bits per heavy atom. The zero-order chi connectivity index (χ0) is 14.4. The predicted octanol–water partition coefficient (Wildman–Crippen LogP) is 1.55. The lowest BCUT2D eigenvalue weighted by atomic mass is 10.0. The first-order valence-electron chi connectivity index (χ1n) is 6.46. The van der Waals surface area contributed by atoms with Crippen LogP contribution in [0.2, 0.25) is 0 Å². The van der Waals surface area contributed by atoms with Crippen molar-refractivity contribution >= 4 is 11.7 Å². The fourth-order valence-corrected chi connectivity index (χ4v) is 1.87. The number of benzene rings is 1. The Balaban J connectivity index is 2.55. The maximum Gasteiger partial charge on any atom is 0.292 e. The number of nitrogens with one attached hydrogen (secondary N) is 1. The van der Waals surface area contributed by atoms with Crippen LogP contribution in [0.3, 0.4) is 0 Å². The smallest absolute Gasteiger partial charge is 0.292 e. The third-order valence-corrected chi connectivity index (χ3v) is 2.90. The second kappa shape index (κ2) is 7.04. The van der Waals surface area contributed by atoms with E-state index in [2.05, 4.69) is 5.32 Å². The second-order valence-corrected chi connectivity index (χ2v) is 5.06. The number of ketones is 1. The van der Waals surface area contributed by atoms with Crippen LogP contribution in [0.15, 0.2) is 18.2 Å². The molecule has 0 aliphatic heterocycles. The Labute approximate surface area is 114 Å². The standard InChI is InChI=1S/C15H22N2O2/c1-11-6-7-13(12(2)10-11)14(18)15(19)16-8-5-9-17(3)4/h6-7,10H,5,8-9H2,1-4H3,(H,16,19). The number of hydrogen-bond acceptors (Lipinski definition) is 3. The van der Waals surface area contributed by atoms with Crippen LogP contribution in [-0.4, -0.2) is 43.8 Å². The van der Waals surface area contributed by atoms with Crippen LogP contribution in [0.5, 0.6) is 0 Å². The van der Waals surface area contributed by atoms with Gasteiger partial charge in [0.15, 0.2) is 0 Å². The minimum Gasteiger partial charge on any atom is -0.349 e. The van der Waals surface area contributed by atoms with E-state index in [-0.39, 0.29) is 0 Å². The predicted molar refractivity (Wildman–Crippen MR) is 76.4 cm³/mol. The SMILES string of the molecule is Cc1ccc(C(=O)C(=O)NCCCN(C)C)c(C)c1. The summed E-state index contributed by atoms with van der Waals surface area (Å²) in [5.41, 5.74) is 2.41. The number of carbonyl (C=O) groups excluding carboxylic acids is 2. The molecular formula is C15H22N2O2. The summed E-state index contributed by atoms with van der Waals surface area (Å²) in [7, 11) is 3.95. The van der Waals surface area contributed by atoms with E-state index in [0.29, 0.717) is 12.1 Å². The molecule has 1 rings (SSSR count). The highest BCUT2D eigenvalue weighted by atomic mass is 16.2. The molecular weight excluding hydrogens is 240 g/mol. The molecule has 1 aromatic rings. The summed E-state index contributed by atoms with van der Waals surface area (Å²) in [5, 5.41) is 2.66. The Kier molecular flexibility index (Phi) is 5.70. The number of amides is 1. The quantitative estimate of drug-likeness (QED) is 0.481. The summed E-state index contributed by atoms with van der Waals surface area (Å²) in [6, 6.07) is 5.47. The fourth-order valence-electron chi connectivity index (χ4n) is 1.87. The molecule has 4 heteroatoms. The molecule has 1 amide bonds. The molecule has 0 bridgehead atoms. The second-order valence-electron chi connectivity index (χ2n) is 5.06. The molecule has 104 valence electrons. The first-order chi connectivity index (χ1) is 8.91. The molecule has 0 atom stereocenters. The topological polar surface area (TPSA) is 49.4 Å². The maximum atomic E-state index is 12.0. The summed E-state index contributed by atoms with van der Waals surface area (Å²) in [6.07, 6.45) is 0.832. The molecule has 0 unspecified atom stereocenters. The van der Waals surface area contributed by atoms with Crippen LogP contribution in [0.25, 0.3) is 0 Å². The monoisotopic (exact) mass is 262 g/mol. The largest absolute Gasteiger partial charge is 0.349 e. The van der Waals surface area contributed by atoms with Gasteiger partial charge in [-0.15, -0.1) is 0 Å². The molecule has 1 N–H and O–H groups in total. The molecule has 0 saturated heterocycles. The number of rotatable bonds is 6. The highest BCUT2D eigenvalue weighted by molar-refractivity contribution is 6.43. The van der Waals surface area contributed by atoms with Gasteiger partial charge in [0.25, 0.3) is 5.91 Å². The van der Waals surface area contributed by atoms with Gasteiger partial charge in [0.1, 0.15) is 0 Å². The lowest BCUT2D eigenvalue weighted by Crippen LogP contribution is -2.33. The van der Waals surface area contributed by atoms with Gasteiger partial charge in [0.2, 0.25) is 5.78 Å². The van der Waals surface area contributed by atoms with E-state index in [4.69, 9.17) is 0 Å². The van der Waals surface area contributed by atoms with Gasteiger partial charge in [-0.25, -0.2) is 0 Å². The van der Waals surface area contributed by atoms with Crippen LogP contribution in [0.4, 0.5) is 0 Å². The van der Waals surface area contributed by atoms with Crippen LogP contribution in [-0.2, 0) is 4.79 Å². The molecule has 0 saturated carbocycles. The van der Waals surface area contributed by atoms with Gasteiger partial charge in [-0.05, 0) is 46.5 Å². The number of nitrogens with zero attached hydrogens (tertiary/aromatic N) is 1. The third kappa shape index (κ3) is 4.83. The lowest BCUT2D eigenvalue weighted by molar-refractivity contribution is -0.117. The molecule has 0 aliphatic carbocycles. The number of carbonyl (C=O) groups is 2. The lowest BCUT2D eigenvalue weighted by Gasteiger charge is -2.10. The third-order valence-electron chi connectivity index (χ3n) is 2.90. The Morgan fingerprint density at radius 3 is 2.47 bits per heavy atom. The molecule has 1 aromatic carbocycles. The van der Waals surface area contributed by atoms with E-state index in [1.54, 1.807) is 6.07 Å². The van der Waals surface area contributed by atoms with Gasteiger partial charge < -0.3 is 10.2 Å². The van der Waals surface area contributed by atoms with E-state index in [0.717, 1.165) is 24.1 Å². The Bertz CT molecular complexity index is 467. The van der Waals surface area contributed by atoms with Gasteiger partial charge in [-0.1, -0.05) is 23.8 Å². The molecule has 4 nitrogen and oxygen atoms in total. The van der Waals surface area contributed by atoms with Crippen molar-refractivity contribution in [2.75, 3.05) is 27.2 Å². The number of hydrogen-bond donors (Lipinski definition) is 1. The van der Waals surface area contributed by atoms with Crippen LogP contribution >= 0.6 is 0 Å². The Morgan fingerprint density at radius 2 is 1.89 bits per heavy atom. The molecule has 0 aromatic heterocycles. The Hall–Kier alpha value is -1.68. The molecule has 0 heterocycles. The average molecular weight is 262 g/mol. The van der Waals surface area contributed by atoms with E-state index in [9.17, 15) is 9.59 Å². The van der Waals surface area contributed by atoms with Gasteiger partial charge in [-0.3, -0.25) is 9.59 Å². The highest BCUT2D eigenvalue weighted by Crippen LogP contribution is 2.11. The van der Waals surface area contributed by atoms with Crippen molar-refractivity contribution < 1.29 is 9.59 Å². The zero-order valence-corrected chi connectivity index (χ0v) is 12.1. The highest BCUT2D eigenvalue weighted by Gasteiger charge is 2.17. The summed E-state index contributed by atoms with van der Waals surface area (Å²) in [5.74, 6) is -0.979. The van der Waals surface area contributed by atoms with Gasteiger partial charge >= 0.3 is 0 Å². The normalized spacial score (nSPS) is 10.6. The van der Waals surface area contributed by atoms with Crippen LogP contribution in [0, 0.1) is 13.8 Å². The molecule has 19 heavy (non-hydrogen) atoms. The summed E-state index contributed by atoms with van der Waals surface area (Å²) in [6.45, 7) is 5.22. The molecule has 0 aliphatic rings. The van der Waals surface area contributed by atoms with E-state index >= 15 is 0 Å². The van der Waals surface area contributed by atoms with Gasteiger partial charge in [0, 0.05) is 12.1 Å². The van der Waals surface area contributed by atoms with Crippen LogP contribution < -0.4 is 5.32 Å². The zero-order valence-electron chi connectivity index (χ0n) is 12.1. The maximum absolute atomic E-state index is 12.0. The molecule has 0 radical (unpaired) electrons. The van der Waals surface area contributed by atoms with Crippen molar-refractivity contribution in [2.24, 2.45) is 0 Å². The minimum absolute atomic E-state index is 0.456.